The molecule has 3 atom stereocenters. The molecule has 1 heterocycles. The number of carbonyl (C=O) groups excluding carboxylic acids is 2. The van der Waals surface area contributed by atoms with Gasteiger partial charge in [-0.25, -0.2) is 4.31 Å². The van der Waals surface area contributed by atoms with Crippen LogP contribution >= 0.6 is 12.1 Å². The van der Waals surface area contributed by atoms with Crippen molar-refractivity contribution in [3.05, 3.63) is 70.8 Å². The van der Waals surface area contributed by atoms with Crippen molar-refractivity contribution in [1.29, 1.82) is 0 Å². The molecule has 1 aliphatic rings. The number of likely N-dealkylation sites (tertiary alicyclic amines) is 1. The van der Waals surface area contributed by atoms with Crippen LogP contribution in [-0.2, 0) is 16.6 Å². The van der Waals surface area contributed by atoms with E-state index in [-0.39, 0.29) is 17.2 Å². The zero-order valence-electron chi connectivity index (χ0n) is 31.9. The quantitative estimate of drug-likeness (QED) is 0.134. The molecular formula is C40H65N5O2S. The normalized spacial score (nSPS) is 16.5. The topological polar surface area (TPSA) is 59.1 Å². The van der Waals surface area contributed by atoms with Crippen LogP contribution in [0.4, 0.5) is 5.69 Å². The van der Waals surface area contributed by atoms with E-state index in [2.05, 4.69) is 99.5 Å². The Morgan fingerprint density at radius 2 is 1.71 bits per heavy atom. The van der Waals surface area contributed by atoms with Crippen LogP contribution in [0.3, 0.4) is 0 Å². The Morgan fingerprint density at radius 3 is 2.31 bits per heavy atom. The third-order valence-electron chi connectivity index (χ3n) is 9.93. The minimum Gasteiger partial charge on any atom is -0.375 e. The van der Waals surface area contributed by atoms with Crippen molar-refractivity contribution in [3.63, 3.8) is 0 Å². The van der Waals surface area contributed by atoms with Crippen LogP contribution in [0.15, 0.2) is 48.5 Å². The maximum absolute atomic E-state index is 13.3. The summed E-state index contributed by atoms with van der Waals surface area (Å²) in [7, 11) is 5.93. The van der Waals surface area contributed by atoms with E-state index in [0.717, 1.165) is 76.1 Å². The van der Waals surface area contributed by atoms with E-state index in [1.807, 2.05) is 49.3 Å². The fourth-order valence-corrected chi connectivity index (χ4v) is 7.50. The van der Waals surface area contributed by atoms with Gasteiger partial charge in [-0.05, 0) is 94.2 Å². The molecule has 2 aromatic carbocycles. The van der Waals surface area contributed by atoms with Crippen LogP contribution < -0.4 is 9.62 Å². The maximum Gasteiger partial charge on any atom is 0.262 e. The molecule has 1 aliphatic heterocycles. The molecule has 0 spiro atoms. The standard InChI is InChI=1S/C38H59N5O2S.C2H6/c1-10-17-32(11-2)38(6,34-22-20-30(26-35(34)41(9)12-3)37(45)39-46-40(7)8)27-31-19-16-15-18-29(31)21-23-36(44)43-25-24-33(28-43)42(13-4)14-5;1-2/h15-16,18-23,26,32-33H,10-14,17,24-25,27-28H2,1-9H3,(H,39,45);1-2H3/b23-21+;. The molecule has 0 bridgehead atoms. The van der Waals surface area contributed by atoms with Gasteiger partial charge in [-0.2, -0.15) is 0 Å². The average molecular weight is 680 g/mol. The third-order valence-corrected chi connectivity index (χ3v) is 10.6. The van der Waals surface area contributed by atoms with Gasteiger partial charge in [0.2, 0.25) is 5.91 Å². The van der Waals surface area contributed by atoms with Gasteiger partial charge in [-0.3, -0.25) is 19.2 Å². The summed E-state index contributed by atoms with van der Waals surface area (Å²) in [6.07, 6.45) is 8.95. The largest absolute Gasteiger partial charge is 0.375 e. The lowest BCUT2D eigenvalue weighted by molar-refractivity contribution is -0.125. The van der Waals surface area contributed by atoms with Gasteiger partial charge in [0, 0.05) is 67.6 Å². The molecule has 1 N–H and O–H groups in total. The molecule has 268 valence electrons. The number of anilines is 1. The summed E-state index contributed by atoms with van der Waals surface area (Å²) >= 11 is 1.28. The van der Waals surface area contributed by atoms with Gasteiger partial charge in [0.05, 0.1) is 0 Å². The lowest BCUT2D eigenvalue weighted by atomic mass is 9.64. The lowest BCUT2D eigenvalue weighted by Gasteiger charge is -2.41. The van der Waals surface area contributed by atoms with Crippen LogP contribution in [0, 0.1) is 5.92 Å². The summed E-state index contributed by atoms with van der Waals surface area (Å²) < 4.78 is 4.81. The number of nitrogens with zero attached hydrogens (tertiary/aromatic N) is 4. The highest BCUT2D eigenvalue weighted by Crippen LogP contribution is 2.45. The highest BCUT2D eigenvalue weighted by molar-refractivity contribution is 7.95. The molecule has 0 aliphatic carbocycles. The zero-order chi connectivity index (χ0) is 35.9. The Morgan fingerprint density at radius 1 is 1.02 bits per heavy atom. The third kappa shape index (κ3) is 10.8. The van der Waals surface area contributed by atoms with E-state index in [9.17, 15) is 9.59 Å². The molecule has 2 amide bonds. The van der Waals surface area contributed by atoms with E-state index >= 15 is 0 Å². The molecule has 3 unspecified atom stereocenters. The number of likely N-dealkylation sites (N-methyl/N-ethyl adjacent to an activating group) is 1. The number of nitrogens with one attached hydrogen (secondary N) is 1. The first-order valence-corrected chi connectivity index (χ1v) is 19.1. The van der Waals surface area contributed by atoms with Crippen LogP contribution in [0.2, 0.25) is 0 Å². The van der Waals surface area contributed by atoms with E-state index < -0.39 is 0 Å². The molecule has 1 saturated heterocycles. The smallest absolute Gasteiger partial charge is 0.262 e. The Balaban J connectivity index is 0.00000392. The van der Waals surface area contributed by atoms with Crippen LogP contribution in [0.25, 0.3) is 6.08 Å². The Bertz CT molecular complexity index is 1310. The van der Waals surface area contributed by atoms with Crippen molar-refractivity contribution < 1.29 is 9.59 Å². The minimum absolute atomic E-state index is 0.0952. The van der Waals surface area contributed by atoms with Gasteiger partial charge in [-0.15, -0.1) is 0 Å². The molecular weight excluding hydrogens is 615 g/mol. The summed E-state index contributed by atoms with van der Waals surface area (Å²) in [6.45, 7) is 22.0. The molecule has 2 aromatic rings. The molecule has 0 radical (unpaired) electrons. The molecule has 1 fully saturated rings. The zero-order valence-corrected chi connectivity index (χ0v) is 32.8. The molecule has 8 heteroatoms. The second-order valence-electron chi connectivity index (χ2n) is 13.0. The Kier molecular flexibility index (Phi) is 17.8. The van der Waals surface area contributed by atoms with E-state index in [1.165, 1.54) is 23.3 Å². The predicted molar refractivity (Wildman–Crippen MR) is 209 cm³/mol. The average Bonchev–Trinajstić information content (AvgIpc) is 3.60. The highest BCUT2D eigenvalue weighted by atomic mass is 32.2. The van der Waals surface area contributed by atoms with Crippen LogP contribution in [-0.4, -0.2) is 85.8 Å². The minimum atomic E-state index is -0.198. The van der Waals surface area contributed by atoms with Crippen molar-refractivity contribution in [1.82, 2.24) is 18.8 Å². The van der Waals surface area contributed by atoms with Gasteiger partial charge >= 0.3 is 0 Å². The molecule has 48 heavy (non-hydrogen) atoms. The lowest BCUT2D eigenvalue weighted by Crippen LogP contribution is -2.38. The first-order chi connectivity index (χ1) is 23.0. The van der Waals surface area contributed by atoms with Crippen molar-refractivity contribution >= 4 is 35.7 Å². The predicted octanol–water partition coefficient (Wildman–Crippen LogP) is 8.31. The number of rotatable bonds is 17. The fourth-order valence-electron chi connectivity index (χ4n) is 7.11. The fraction of sp³-hybridized carbons (Fsp3) is 0.600. The van der Waals surface area contributed by atoms with Crippen molar-refractivity contribution in [3.8, 4) is 0 Å². The molecule has 7 nitrogen and oxygen atoms in total. The second kappa shape index (κ2) is 20.6. The highest BCUT2D eigenvalue weighted by Gasteiger charge is 2.38. The van der Waals surface area contributed by atoms with Gasteiger partial charge in [-0.1, -0.05) is 91.6 Å². The summed E-state index contributed by atoms with van der Waals surface area (Å²) in [5, 5.41) is 0. The number of benzene rings is 2. The number of hydrogen-bond acceptors (Lipinski definition) is 6. The van der Waals surface area contributed by atoms with Gasteiger partial charge in [0.1, 0.15) is 0 Å². The van der Waals surface area contributed by atoms with Gasteiger partial charge < -0.3 is 9.80 Å². The van der Waals surface area contributed by atoms with E-state index in [4.69, 9.17) is 0 Å². The number of hydrogen-bond donors (Lipinski definition) is 1. The first kappa shape index (κ1) is 41.4. The molecule has 3 rings (SSSR count). The monoisotopic (exact) mass is 679 g/mol. The van der Waals surface area contributed by atoms with Crippen LogP contribution in [0.5, 0.6) is 0 Å². The Labute approximate surface area is 297 Å². The van der Waals surface area contributed by atoms with E-state index in [1.54, 1.807) is 6.08 Å². The van der Waals surface area contributed by atoms with Crippen molar-refractivity contribution in [2.24, 2.45) is 5.92 Å². The summed E-state index contributed by atoms with van der Waals surface area (Å²) in [5.41, 5.74) is 5.16. The van der Waals surface area contributed by atoms with Crippen LogP contribution in [0.1, 0.15) is 108 Å². The van der Waals surface area contributed by atoms with Gasteiger partial charge in [0.25, 0.3) is 5.91 Å². The SMILES string of the molecule is CC.CCCC(CC)C(C)(Cc1ccccc1/C=C/C(=O)N1CCC(N(CC)CC)C1)c1ccc(C(=O)NSN(C)C)cc1N(C)CC. The second-order valence-corrected chi connectivity index (χ2v) is 14.2. The number of amides is 2. The summed E-state index contributed by atoms with van der Waals surface area (Å²) in [6, 6.07) is 15.2. The van der Waals surface area contributed by atoms with E-state index in [0.29, 0.717) is 17.5 Å². The molecule has 0 aromatic heterocycles. The maximum atomic E-state index is 13.3. The molecule has 0 saturated carbocycles. The van der Waals surface area contributed by atoms with Crippen molar-refractivity contribution in [2.75, 3.05) is 58.8 Å². The van der Waals surface area contributed by atoms with Crippen molar-refractivity contribution in [2.45, 2.75) is 99.0 Å². The Hall–Kier alpha value is -2.81. The first-order valence-electron chi connectivity index (χ1n) is 18.3. The summed E-state index contributed by atoms with van der Waals surface area (Å²) in [5.74, 6) is 0.434. The summed E-state index contributed by atoms with van der Waals surface area (Å²) in [4.78, 5) is 33.1. The van der Waals surface area contributed by atoms with Gasteiger partial charge in [0.15, 0.2) is 0 Å². The number of carbonyl (C=O) groups is 2.